The SMILES string of the molecule is CCCCCCCCCCCCCCCC(=O)N[C@@H](COP(=O)(O)OCC[N+](C)(C)C)[C@H](O)CCCCCCCCCCCCC. The topological polar surface area (TPSA) is 105 Å². The van der Waals surface area contributed by atoms with Gasteiger partial charge in [-0.25, -0.2) is 4.57 Å². The number of phosphoric acid groups is 1. The molecule has 1 amide bonds. The van der Waals surface area contributed by atoms with Gasteiger partial charge in [-0.1, -0.05) is 162 Å². The van der Waals surface area contributed by atoms with Crippen LogP contribution in [0.15, 0.2) is 0 Å². The molecule has 0 bridgehead atoms. The van der Waals surface area contributed by atoms with Gasteiger partial charge in [0.1, 0.15) is 13.2 Å². The maximum atomic E-state index is 12.8. The number of aliphatic hydroxyl groups is 1. The third kappa shape index (κ3) is 32.1. The molecule has 0 aromatic carbocycles. The molecule has 9 heteroatoms. The third-order valence-electron chi connectivity index (χ3n) is 8.86. The molecule has 0 radical (unpaired) electrons. The summed E-state index contributed by atoms with van der Waals surface area (Å²) < 4.78 is 23.5. The highest BCUT2D eigenvalue weighted by molar-refractivity contribution is 7.47. The minimum Gasteiger partial charge on any atom is -0.391 e. The molecule has 0 rings (SSSR count). The molecule has 276 valence electrons. The molecule has 0 saturated heterocycles. The Balaban J connectivity index is 4.44. The maximum Gasteiger partial charge on any atom is 0.472 e. The van der Waals surface area contributed by atoms with Crippen LogP contribution in [0.5, 0.6) is 0 Å². The smallest absolute Gasteiger partial charge is 0.391 e. The van der Waals surface area contributed by atoms with Crippen molar-refractivity contribution >= 4 is 13.7 Å². The van der Waals surface area contributed by atoms with Gasteiger partial charge in [-0.2, -0.15) is 0 Å². The zero-order valence-electron chi connectivity index (χ0n) is 31.1. The predicted octanol–water partition coefficient (Wildman–Crippen LogP) is 9.85. The Labute approximate surface area is 285 Å². The number of carbonyl (C=O) groups excluding carboxylic acids is 1. The van der Waals surface area contributed by atoms with Crippen molar-refractivity contribution in [1.29, 1.82) is 0 Å². The van der Waals surface area contributed by atoms with Crippen molar-refractivity contribution in [2.24, 2.45) is 0 Å². The highest BCUT2D eigenvalue weighted by Gasteiger charge is 2.28. The molecule has 0 aliphatic rings. The first kappa shape index (κ1) is 45.5. The molecule has 8 nitrogen and oxygen atoms in total. The van der Waals surface area contributed by atoms with E-state index >= 15 is 0 Å². The van der Waals surface area contributed by atoms with Gasteiger partial charge in [-0.05, 0) is 12.8 Å². The molecule has 3 N–H and O–H groups in total. The summed E-state index contributed by atoms with van der Waals surface area (Å²) in [6.45, 7) is 4.87. The zero-order chi connectivity index (χ0) is 34.4. The van der Waals surface area contributed by atoms with E-state index in [2.05, 4.69) is 19.2 Å². The molecule has 0 spiro atoms. The highest BCUT2D eigenvalue weighted by Crippen LogP contribution is 2.43. The number of hydrogen-bond donors (Lipinski definition) is 3. The van der Waals surface area contributed by atoms with Crippen molar-refractivity contribution in [2.45, 2.75) is 193 Å². The first-order valence-corrected chi connectivity index (χ1v) is 20.9. The van der Waals surface area contributed by atoms with Crippen molar-refractivity contribution in [3.63, 3.8) is 0 Å². The van der Waals surface area contributed by atoms with Crippen molar-refractivity contribution in [2.75, 3.05) is 40.9 Å². The van der Waals surface area contributed by atoms with Gasteiger partial charge < -0.3 is 19.8 Å². The van der Waals surface area contributed by atoms with Gasteiger partial charge in [-0.15, -0.1) is 0 Å². The molecule has 0 aromatic rings. The summed E-state index contributed by atoms with van der Waals surface area (Å²) >= 11 is 0. The van der Waals surface area contributed by atoms with E-state index in [0.717, 1.165) is 38.5 Å². The van der Waals surface area contributed by atoms with Crippen molar-refractivity contribution in [3.8, 4) is 0 Å². The van der Waals surface area contributed by atoms with Crippen LogP contribution in [0.4, 0.5) is 0 Å². The number of unbranched alkanes of at least 4 members (excludes halogenated alkanes) is 22. The molecular weight excluding hydrogens is 599 g/mol. The van der Waals surface area contributed by atoms with E-state index in [-0.39, 0.29) is 19.1 Å². The average molecular weight is 678 g/mol. The standard InChI is InChI=1S/C37H77N2O6P/c1-6-8-10-12-14-16-18-19-21-23-25-27-29-31-37(41)38-35(34-45-46(42,43)44-33-32-39(3,4)5)36(40)30-28-26-24-22-20-17-15-13-11-9-7-2/h35-36,40H,6-34H2,1-5H3,(H-,38,41,42,43)/p+1/t35-,36+/m0/s1. The van der Waals surface area contributed by atoms with Crippen LogP contribution in [0.3, 0.4) is 0 Å². The number of phosphoric ester groups is 1. The summed E-state index contributed by atoms with van der Waals surface area (Å²) in [4.78, 5) is 23.0. The first-order valence-electron chi connectivity index (χ1n) is 19.4. The van der Waals surface area contributed by atoms with Gasteiger partial charge >= 0.3 is 7.82 Å². The Morgan fingerprint density at radius 3 is 1.46 bits per heavy atom. The number of aliphatic hydroxyl groups excluding tert-OH is 1. The maximum absolute atomic E-state index is 12.8. The van der Waals surface area contributed by atoms with Crippen molar-refractivity contribution in [1.82, 2.24) is 5.32 Å². The molecular formula is C37H78N2O6P+. The van der Waals surface area contributed by atoms with E-state index in [0.29, 0.717) is 23.9 Å². The van der Waals surface area contributed by atoms with Gasteiger partial charge in [0.25, 0.3) is 0 Å². The molecule has 0 fully saturated rings. The van der Waals surface area contributed by atoms with Crippen LogP contribution in [0, 0.1) is 0 Å². The van der Waals surface area contributed by atoms with Crippen LogP contribution in [-0.4, -0.2) is 73.4 Å². The quantitative estimate of drug-likeness (QED) is 0.0350. The summed E-state index contributed by atoms with van der Waals surface area (Å²) in [6.07, 6.45) is 29.7. The minimum atomic E-state index is -4.30. The minimum absolute atomic E-state index is 0.0780. The van der Waals surface area contributed by atoms with E-state index in [1.807, 2.05) is 21.1 Å². The Bertz CT molecular complexity index is 733. The lowest BCUT2D eigenvalue weighted by Crippen LogP contribution is -2.46. The summed E-state index contributed by atoms with van der Waals surface area (Å²) in [6, 6.07) is -0.750. The van der Waals surface area contributed by atoms with Gasteiger partial charge in [-0.3, -0.25) is 13.8 Å². The predicted molar refractivity (Wildman–Crippen MR) is 194 cm³/mol. The number of rotatable bonds is 35. The normalized spacial score (nSPS) is 14.7. The van der Waals surface area contributed by atoms with Crippen LogP contribution >= 0.6 is 7.82 Å². The van der Waals surface area contributed by atoms with Crippen LogP contribution in [0.2, 0.25) is 0 Å². The summed E-state index contributed by atoms with van der Waals surface area (Å²) in [5.41, 5.74) is 0. The second-order valence-corrected chi connectivity index (χ2v) is 16.1. The number of likely N-dealkylation sites (N-methyl/N-ethyl adjacent to an activating group) is 1. The van der Waals surface area contributed by atoms with Crippen LogP contribution in [-0.2, 0) is 18.4 Å². The number of nitrogens with zero attached hydrogens (tertiary/aromatic N) is 1. The zero-order valence-corrected chi connectivity index (χ0v) is 32.0. The second-order valence-electron chi connectivity index (χ2n) is 14.7. The number of carbonyl (C=O) groups is 1. The van der Waals surface area contributed by atoms with Gasteiger partial charge in [0.05, 0.1) is 39.9 Å². The second kappa shape index (κ2) is 30.6. The Kier molecular flexibility index (Phi) is 30.2. The highest BCUT2D eigenvalue weighted by atomic mass is 31.2. The molecule has 1 unspecified atom stereocenters. The van der Waals surface area contributed by atoms with Crippen molar-refractivity contribution < 1.29 is 32.9 Å². The average Bonchev–Trinajstić information content (AvgIpc) is 2.99. The first-order chi connectivity index (χ1) is 22.0. The largest absolute Gasteiger partial charge is 0.472 e. The lowest BCUT2D eigenvalue weighted by Gasteiger charge is -2.26. The van der Waals surface area contributed by atoms with E-state index in [4.69, 9.17) is 9.05 Å². The molecule has 46 heavy (non-hydrogen) atoms. The summed E-state index contributed by atoms with van der Waals surface area (Å²) in [5.74, 6) is -0.145. The molecule has 0 saturated carbocycles. The van der Waals surface area contributed by atoms with Crippen LogP contribution in [0.25, 0.3) is 0 Å². The third-order valence-corrected chi connectivity index (χ3v) is 9.84. The fourth-order valence-corrected chi connectivity index (χ4v) is 6.43. The Morgan fingerprint density at radius 1 is 0.652 bits per heavy atom. The lowest BCUT2D eigenvalue weighted by molar-refractivity contribution is -0.870. The van der Waals surface area contributed by atoms with E-state index in [1.54, 1.807) is 0 Å². The molecule has 0 aliphatic carbocycles. The van der Waals surface area contributed by atoms with Gasteiger partial charge in [0, 0.05) is 6.42 Å². The molecule has 0 aliphatic heterocycles. The fourth-order valence-electron chi connectivity index (χ4n) is 5.69. The Hall–Kier alpha value is -0.500. The van der Waals surface area contributed by atoms with E-state index < -0.39 is 20.0 Å². The van der Waals surface area contributed by atoms with E-state index in [1.165, 1.54) is 116 Å². The molecule has 3 atom stereocenters. The molecule has 0 heterocycles. The number of hydrogen-bond acceptors (Lipinski definition) is 5. The summed E-state index contributed by atoms with van der Waals surface area (Å²) in [5, 5.41) is 13.9. The summed E-state index contributed by atoms with van der Waals surface area (Å²) in [7, 11) is 1.62. The van der Waals surface area contributed by atoms with Crippen LogP contribution in [0.1, 0.15) is 181 Å². The van der Waals surface area contributed by atoms with Gasteiger partial charge in [0.15, 0.2) is 0 Å². The van der Waals surface area contributed by atoms with Crippen molar-refractivity contribution in [3.05, 3.63) is 0 Å². The monoisotopic (exact) mass is 678 g/mol. The number of nitrogens with one attached hydrogen (secondary N) is 1. The fraction of sp³-hybridized carbons (Fsp3) is 0.973. The molecule has 0 aromatic heterocycles. The lowest BCUT2D eigenvalue weighted by atomic mass is 10.0. The Morgan fingerprint density at radius 2 is 1.04 bits per heavy atom. The van der Waals surface area contributed by atoms with Gasteiger partial charge in [0.2, 0.25) is 5.91 Å². The van der Waals surface area contributed by atoms with Crippen LogP contribution < -0.4 is 5.32 Å². The number of quaternary nitrogens is 1. The number of amides is 1. The van der Waals surface area contributed by atoms with E-state index in [9.17, 15) is 19.4 Å².